The molecule has 44 heavy (non-hydrogen) atoms. The molecule has 1 aromatic heterocycles. The zero-order chi connectivity index (χ0) is 32.2. The zero-order valence-electron chi connectivity index (χ0n) is 22.7. The second-order valence-corrected chi connectivity index (χ2v) is 10.4. The molecule has 0 spiro atoms. The van der Waals surface area contributed by atoms with Crippen molar-refractivity contribution in [1.29, 1.82) is 0 Å². The van der Waals surface area contributed by atoms with Gasteiger partial charge in [0.15, 0.2) is 35.4 Å². The molecule has 2 aromatic carbocycles. The molecule has 17 heteroatoms. The summed E-state index contributed by atoms with van der Waals surface area (Å²) in [6, 6.07) is 3.55. The van der Waals surface area contributed by atoms with E-state index in [0.29, 0.717) is 0 Å². The van der Waals surface area contributed by atoms with Gasteiger partial charge < -0.3 is 79.5 Å². The van der Waals surface area contributed by atoms with Gasteiger partial charge in [-0.3, -0.25) is 4.79 Å². The molecule has 3 heterocycles. The van der Waals surface area contributed by atoms with Gasteiger partial charge in [0.1, 0.15) is 59.1 Å². The van der Waals surface area contributed by atoms with Crippen LogP contribution in [0.3, 0.4) is 0 Å². The van der Waals surface area contributed by atoms with Gasteiger partial charge in [-0.25, -0.2) is 0 Å². The number of phenols is 5. The molecule has 0 radical (unpaired) electrons. The van der Waals surface area contributed by atoms with E-state index in [2.05, 4.69) is 0 Å². The number of benzene rings is 2. The first-order valence-corrected chi connectivity index (χ1v) is 13.2. The molecule has 2 saturated heterocycles. The van der Waals surface area contributed by atoms with Crippen LogP contribution in [0.4, 0.5) is 0 Å². The van der Waals surface area contributed by atoms with E-state index < -0.39 is 119 Å². The Hall–Kier alpha value is -3.91. The lowest BCUT2D eigenvalue weighted by Gasteiger charge is -2.45. The predicted molar refractivity (Wildman–Crippen MR) is 142 cm³/mol. The summed E-state index contributed by atoms with van der Waals surface area (Å²) < 4.78 is 28.2. The highest BCUT2D eigenvalue weighted by Gasteiger charge is 2.51. The first kappa shape index (κ1) is 31.5. The van der Waals surface area contributed by atoms with Gasteiger partial charge in [0.2, 0.25) is 17.5 Å². The number of aliphatic hydroxyl groups is 6. The van der Waals surface area contributed by atoms with Crippen LogP contribution in [-0.2, 0) is 14.2 Å². The molecule has 2 aliphatic heterocycles. The molecule has 3 aromatic rings. The Morgan fingerprint density at radius 1 is 0.773 bits per heavy atom. The summed E-state index contributed by atoms with van der Waals surface area (Å²) in [5, 5.41) is 112. The fourth-order valence-corrected chi connectivity index (χ4v) is 4.99. The number of phenolic OH excluding ortho intramolecular Hbond substituents is 5. The van der Waals surface area contributed by atoms with Crippen molar-refractivity contribution < 1.29 is 79.5 Å². The van der Waals surface area contributed by atoms with Gasteiger partial charge in [-0.2, -0.15) is 0 Å². The Morgan fingerprint density at radius 3 is 2.07 bits per heavy atom. The standard InChI is InChI=1S/C27H30O17/c1-7-16(33)20(37)22(39)26(40-7)44-25-21(38)18(35)14(6-28)42-27(25)43-24-19(36)15-10(30)4-9(29)5-13(15)41-23(24)8-2-11(31)17(34)12(32)3-8/h2-5,7,14,16,18,20-22,25-35,37-39H,6H2,1H3/t7-,14-,16-,18+,20-,21-,22-,25-,26-,27-/m0/s1. The molecule has 0 bridgehead atoms. The lowest BCUT2D eigenvalue weighted by Crippen LogP contribution is -2.64. The van der Waals surface area contributed by atoms with Gasteiger partial charge >= 0.3 is 0 Å². The van der Waals surface area contributed by atoms with Crippen LogP contribution >= 0.6 is 0 Å². The smallest absolute Gasteiger partial charge is 0.239 e. The number of aliphatic hydroxyl groups excluding tert-OH is 6. The fourth-order valence-electron chi connectivity index (χ4n) is 4.99. The van der Waals surface area contributed by atoms with E-state index in [1.807, 2.05) is 0 Å². The lowest BCUT2D eigenvalue weighted by atomic mass is 9.97. The van der Waals surface area contributed by atoms with E-state index in [-0.39, 0.29) is 11.1 Å². The van der Waals surface area contributed by atoms with Crippen molar-refractivity contribution >= 4 is 11.0 Å². The Kier molecular flexibility index (Phi) is 8.51. The van der Waals surface area contributed by atoms with E-state index in [1.54, 1.807) is 0 Å². The van der Waals surface area contributed by atoms with E-state index in [0.717, 1.165) is 24.3 Å². The highest BCUT2D eigenvalue weighted by molar-refractivity contribution is 5.88. The molecule has 240 valence electrons. The number of hydrogen-bond donors (Lipinski definition) is 11. The number of fused-ring (bicyclic) bond motifs is 1. The highest BCUT2D eigenvalue weighted by Crippen LogP contribution is 2.43. The second kappa shape index (κ2) is 11.9. The van der Waals surface area contributed by atoms with Crippen LogP contribution < -0.4 is 10.2 Å². The minimum Gasteiger partial charge on any atom is -0.508 e. The molecule has 2 fully saturated rings. The van der Waals surface area contributed by atoms with Gasteiger partial charge in [-0.1, -0.05) is 0 Å². The van der Waals surface area contributed by atoms with Crippen molar-refractivity contribution in [2.45, 2.75) is 68.3 Å². The van der Waals surface area contributed by atoms with Crippen molar-refractivity contribution in [3.63, 3.8) is 0 Å². The summed E-state index contributed by atoms with van der Waals surface area (Å²) in [4.78, 5) is 13.7. The molecule has 0 amide bonds. The zero-order valence-corrected chi connectivity index (χ0v) is 22.7. The average Bonchev–Trinajstić information content (AvgIpc) is 2.97. The first-order valence-electron chi connectivity index (χ1n) is 13.2. The van der Waals surface area contributed by atoms with E-state index in [4.69, 9.17) is 23.4 Å². The SMILES string of the molecule is C[C@@H]1O[C@@H](O[C@@H]2[C@H](Oc3c(-c4cc(O)c(O)c(O)c4)oc4cc(O)cc(O)c4c3=O)O[C@@H](CO)[C@@H](O)[C@@H]2O)[C@@H](O)[C@@H](O)[C@H]1O. The van der Waals surface area contributed by atoms with Crippen LogP contribution in [0, 0.1) is 0 Å². The number of aromatic hydroxyl groups is 5. The molecule has 10 atom stereocenters. The van der Waals surface area contributed by atoms with Crippen molar-refractivity contribution in [2.75, 3.05) is 6.61 Å². The monoisotopic (exact) mass is 626 g/mol. The number of rotatable bonds is 6. The second-order valence-electron chi connectivity index (χ2n) is 10.4. The highest BCUT2D eigenvalue weighted by atomic mass is 16.8. The minimum absolute atomic E-state index is 0.279. The first-order chi connectivity index (χ1) is 20.7. The van der Waals surface area contributed by atoms with Crippen LogP contribution in [0.5, 0.6) is 34.5 Å². The lowest BCUT2D eigenvalue weighted by molar-refractivity contribution is -0.354. The van der Waals surface area contributed by atoms with Crippen LogP contribution in [0.25, 0.3) is 22.3 Å². The normalized spacial score (nSPS) is 32.5. The molecule has 11 N–H and O–H groups in total. The topological polar surface area (TPSA) is 290 Å². The van der Waals surface area contributed by atoms with Gasteiger partial charge in [0, 0.05) is 17.7 Å². The summed E-state index contributed by atoms with van der Waals surface area (Å²) in [6.07, 6.45) is -17.1. The minimum atomic E-state index is -1.95. The maximum atomic E-state index is 13.7. The van der Waals surface area contributed by atoms with Crippen molar-refractivity contribution in [2.24, 2.45) is 0 Å². The Labute approximate surface area is 246 Å². The third-order valence-corrected chi connectivity index (χ3v) is 7.41. The Balaban J connectivity index is 1.64. The van der Waals surface area contributed by atoms with Crippen molar-refractivity contribution in [3.05, 3.63) is 34.5 Å². The molecule has 0 unspecified atom stereocenters. The molecule has 0 aliphatic carbocycles. The Morgan fingerprint density at radius 2 is 1.43 bits per heavy atom. The van der Waals surface area contributed by atoms with Crippen LogP contribution in [0.2, 0.25) is 0 Å². The molecule has 2 aliphatic rings. The number of hydrogen-bond acceptors (Lipinski definition) is 17. The molecule has 0 saturated carbocycles. The van der Waals surface area contributed by atoms with E-state index in [1.165, 1.54) is 6.92 Å². The largest absolute Gasteiger partial charge is 0.508 e. The van der Waals surface area contributed by atoms with Crippen molar-refractivity contribution in [1.82, 2.24) is 0 Å². The molecule has 5 rings (SSSR count). The quantitative estimate of drug-likeness (QED) is 0.132. The third-order valence-electron chi connectivity index (χ3n) is 7.41. The van der Waals surface area contributed by atoms with Gasteiger partial charge in [-0.15, -0.1) is 0 Å². The van der Waals surface area contributed by atoms with Crippen LogP contribution in [0.15, 0.2) is 33.5 Å². The molecular formula is C27H30O17. The third kappa shape index (κ3) is 5.45. The molecule has 17 nitrogen and oxygen atoms in total. The molecular weight excluding hydrogens is 596 g/mol. The summed E-state index contributed by atoms with van der Waals surface area (Å²) in [7, 11) is 0. The van der Waals surface area contributed by atoms with Crippen LogP contribution in [-0.4, -0.2) is 124 Å². The predicted octanol–water partition coefficient (Wildman–Crippen LogP) is -1.98. The maximum absolute atomic E-state index is 13.7. The van der Waals surface area contributed by atoms with E-state index >= 15 is 0 Å². The number of ether oxygens (including phenoxy) is 4. The summed E-state index contributed by atoms with van der Waals surface area (Å²) >= 11 is 0. The van der Waals surface area contributed by atoms with Gasteiger partial charge in [0.25, 0.3) is 0 Å². The van der Waals surface area contributed by atoms with Gasteiger partial charge in [-0.05, 0) is 19.1 Å². The summed E-state index contributed by atoms with van der Waals surface area (Å²) in [5.74, 6) is -5.23. The van der Waals surface area contributed by atoms with Gasteiger partial charge in [0.05, 0.1) is 12.7 Å². The van der Waals surface area contributed by atoms with Crippen molar-refractivity contribution in [3.8, 4) is 45.8 Å². The summed E-state index contributed by atoms with van der Waals surface area (Å²) in [5.41, 5.74) is -1.78. The Bertz CT molecular complexity index is 1570. The summed E-state index contributed by atoms with van der Waals surface area (Å²) in [6.45, 7) is 0.488. The van der Waals surface area contributed by atoms with Crippen LogP contribution in [0.1, 0.15) is 6.92 Å². The van der Waals surface area contributed by atoms with E-state index in [9.17, 15) is 61.0 Å². The average molecular weight is 627 g/mol. The maximum Gasteiger partial charge on any atom is 0.239 e. The fraction of sp³-hybridized carbons (Fsp3) is 0.444.